The van der Waals surface area contributed by atoms with Gasteiger partial charge in [-0.25, -0.2) is 9.18 Å². The molecule has 1 heterocycles. The van der Waals surface area contributed by atoms with Gasteiger partial charge in [-0.15, -0.1) is 0 Å². The fourth-order valence-corrected chi connectivity index (χ4v) is 4.18. The molecule has 5 nitrogen and oxygen atoms in total. The number of nitrogens with one attached hydrogen (secondary N) is 2. The van der Waals surface area contributed by atoms with Crippen molar-refractivity contribution in [3.05, 3.63) is 35.6 Å². The number of urea groups is 1. The normalized spacial score (nSPS) is 21.9. The number of nitrogens with zero attached hydrogens (tertiary/aromatic N) is 1. The van der Waals surface area contributed by atoms with Crippen molar-refractivity contribution < 1.29 is 14.0 Å². The molecule has 1 saturated carbocycles. The van der Waals surface area contributed by atoms with E-state index in [2.05, 4.69) is 10.6 Å². The predicted octanol–water partition coefficient (Wildman–Crippen LogP) is 2.27. The third-order valence-corrected chi connectivity index (χ3v) is 5.43. The molecule has 3 amide bonds. The Balaban J connectivity index is 1.64. The Morgan fingerprint density at radius 1 is 1.33 bits per heavy atom. The molecular weight excluding hydrogens is 309 g/mol. The summed E-state index contributed by atoms with van der Waals surface area (Å²) in [5, 5.41) is 5.58. The van der Waals surface area contributed by atoms with Gasteiger partial charge in [-0.3, -0.25) is 4.79 Å². The summed E-state index contributed by atoms with van der Waals surface area (Å²) in [5.74, 6) is -0.422. The van der Waals surface area contributed by atoms with Crippen LogP contribution < -0.4 is 10.6 Å². The van der Waals surface area contributed by atoms with Crippen molar-refractivity contribution in [2.75, 3.05) is 20.1 Å². The Hall–Kier alpha value is -2.11. The molecule has 0 radical (unpaired) electrons. The molecule has 0 aromatic heterocycles. The third-order valence-electron chi connectivity index (χ3n) is 5.43. The van der Waals surface area contributed by atoms with E-state index in [-0.39, 0.29) is 35.6 Å². The first-order valence-electron chi connectivity index (χ1n) is 8.53. The number of hydrogen-bond acceptors (Lipinski definition) is 2. The molecule has 0 bridgehead atoms. The van der Waals surface area contributed by atoms with Gasteiger partial charge in [0.15, 0.2) is 0 Å². The molecule has 1 atom stereocenters. The lowest BCUT2D eigenvalue weighted by atomic mass is 9.76. The molecule has 1 aliphatic heterocycles. The van der Waals surface area contributed by atoms with Gasteiger partial charge in [0.05, 0.1) is 5.92 Å². The van der Waals surface area contributed by atoms with Crippen LogP contribution in [0.4, 0.5) is 9.18 Å². The van der Waals surface area contributed by atoms with Crippen LogP contribution in [-0.4, -0.2) is 37.0 Å². The van der Waals surface area contributed by atoms with E-state index >= 15 is 0 Å². The van der Waals surface area contributed by atoms with Gasteiger partial charge in [-0.1, -0.05) is 25.0 Å². The summed E-state index contributed by atoms with van der Waals surface area (Å²) in [6.07, 6.45) is 4.23. The SMILES string of the molecule is CNC(=O)C1CN(C(=O)NCc2cccc(F)c2)CC12CCCC2. The number of carbonyl (C=O) groups is 2. The van der Waals surface area contributed by atoms with Crippen LogP contribution in [0.1, 0.15) is 31.2 Å². The third kappa shape index (κ3) is 3.23. The van der Waals surface area contributed by atoms with Gasteiger partial charge in [0.25, 0.3) is 0 Å². The van der Waals surface area contributed by atoms with Crippen LogP contribution in [0.15, 0.2) is 24.3 Å². The Labute approximate surface area is 141 Å². The fourth-order valence-electron chi connectivity index (χ4n) is 4.18. The predicted molar refractivity (Wildman–Crippen MR) is 88.7 cm³/mol. The number of likely N-dealkylation sites (tertiary alicyclic amines) is 1. The quantitative estimate of drug-likeness (QED) is 0.891. The van der Waals surface area contributed by atoms with E-state index < -0.39 is 0 Å². The Kier molecular flexibility index (Phi) is 4.73. The monoisotopic (exact) mass is 333 g/mol. The summed E-state index contributed by atoms with van der Waals surface area (Å²) < 4.78 is 13.2. The zero-order chi connectivity index (χ0) is 17.2. The lowest BCUT2D eigenvalue weighted by molar-refractivity contribution is -0.127. The van der Waals surface area contributed by atoms with Gasteiger partial charge in [-0.05, 0) is 30.5 Å². The van der Waals surface area contributed by atoms with E-state index in [0.717, 1.165) is 31.2 Å². The van der Waals surface area contributed by atoms with Gasteiger partial charge < -0.3 is 15.5 Å². The highest BCUT2D eigenvalue weighted by Crippen LogP contribution is 2.49. The van der Waals surface area contributed by atoms with Crippen molar-refractivity contribution in [1.82, 2.24) is 15.5 Å². The molecular formula is C18H24FN3O2. The Morgan fingerprint density at radius 3 is 2.75 bits per heavy atom. The van der Waals surface area contributed by atoms with Crippen LogP contribution >= 0.6 is 0 Å². The van der Waals surface area contributed by atoms with E-state index in [1.54, 1.807) is 24.1 Å². The molecule has 130 valence electrons. The van der Waals surface area contributed by atoms with Crippen LogP contribution in [0.25, 0.3) is 0 Å². The Bertz CT molecular complexity index is 628. The number of benzene rings is 1. The van der Waals surface area contributed by atoms with E-state index in [4.69, 9.17) is 0 Å². The van der Waals surface area contributed by atoms with Crippen molar-refractivity contribution in [3.8, 4) is 0 Å². The molecule has 2 N–H and O–H groups in total. The van der Waals surface area contributed by atoms with Crippen molar-refractivity contribution >= 4 is 11.9 Å². The Morgan fingerprint density at radius 2 is 2.08 bits per heavy atom. The molecule has 2 aliphatic rings. The van der Waals surface area contributed by atoms with Gasteiger partial charge in [-0.2, -0.15) is 0 Å². The molecule has 2 fully saturated rings. The summed E-state index contributed by atoms with van der Waals surface area (Å²) >= 11 is 0. The minimum atomic E-state index is -0.312. The standard InChI is InChI=1S/C18H24FN3O2/c1-20-16(23)15-11-22(12-18(15)7-2-3-8-18)17(24)21-10-13-5-4-6-14(19)9-13/h4-6,9,15H,2-3,7-8,10-12H2,1H3,(H,20,23)(H,21,24). The van der Waals surface area contributed by atoms with E-state index in [0.29, 0.717) is 13.1 Å². The minimum Gasteiger partial charge on any atom is -0.359 e. The second-order valence-electron chi connectivity index (χ2n) is 6.91. The topological polar surface area (TPSA) is 61.4 Å². The van der Waals surface area contributed by atoms with Gasteiger partial charge >= 0.3 is 6.03 Å². The van der Waals surface area contributed by atoms with E-state index in [1.807, 2.05) is 0 Å². The molecule has 6 heteroatoms. The number of amides is 3. The number of carbonyl (C=O) groups excluding carboxylic acids is 2. The molecule has 1 aliphatic carbocycles. The molecule has 1 saturated heterocycles. The average molecular weight is 333 g/mol. The maximum absolute atomic E-state index is 13.2. The summed E-state index contributed by atoms with van der Waals surface area (Å²) in [4.78, 5) is 26.5. The van der Waals surface area contributed by atoms with Crippen molar-refractivity contribution in [3.63, 3.8) is 0 Å². The number of hydrogen-bond donors (Lipinski definition) is 2. The lowest BCUT2D eigenvalue weighted by Crippen LogP contribution is -2.39. The maximum Gasteiger partial charge on any atom is 0.317 e. The lowest BCUT2D eigenvalue weighted by Gasteiger charge is -2.28. The summed E-state index contributed by atoms with van der Waals surface area (Å²) in [6, 6.07) is 6.01. The summed E-state index contributed by atoms with van der Waals surface area (Å²) in [5.41, 5.74) is 0.650. The summed E-state index contributed by atoms with van der Waals surface area (Å²) in [6.45, 7) is 1.36. The second kappa shape index (κ2) is 6.79. The van der Waals surface area contributed by atoms with Gasteiger partial charge in [0.2, 0.25) is 5.91 Å². The molecule has 3 rings (SSSR count). The average Bonchev–Trinajstić information content (AvgIpc) is 3.20. The molecule has 24 heavy (non-hydrogen) atoms. The van der Waals surface area contributed by atoms with Crippen molar-refractivity contribution in [1.29, 1.82) is 0 Å². The smallest absolute Gasteiger partial charge is 0.317 e. The zero-order valence-corrected chi connectivity index (χ0v) is 14.0. The highest BCUT2D eigenvalue weighted by atomic mass is 19.1. The van der Waals surface area contributed by atoms with Crippen molar-refractivity contribution in [2.45, 2.75) is 32.2 Å². The van der Waals surface area contributed by atoms with Crippen LogP contribution in [0.5, 0.6) is 0 Å². The highest BCUT2D eigenvalue weighted by molar-refractivity contribution is 5.82. The van der Waals surface area contributed by atoms with E-state index in [1.165, 1.54) is 12.1 Å². The molecule has 1 aromatic rings. The second-order valence-corrected chi connectivity index (χ2v) is 6.91. The number of rotatable bonds is 3. The first-order chi connectivity index (χ1) is 11.5. The fraction of sp³-hybridized carbons (Fsp3) is 0.556. The van der Waals surface area contributed by atoms with Gasteiger partial charge in [0, 0.05) is 32.1 Å². The van der Waals surface area contributed by atoms with E-state index in [9.17, 15) is 14.0 Å². The van der Waals surface area contributed by atoms with Gasteiger partial charge in [0.1, 0.15) is 5.82 Å². The van der Waals surface area contributed by atoms with Crippen LogP contribution in [0.2, 0.25) is 0 Å². The number of halogens is 1. The first kappa shape index (κ1) is 16.7. The first-order valence-corrected chi connectivity index (χ1v) is 8.53. The maximum atomic E-state index is 13.2. The minimum absolute atomic E-state index is 0.0253. The largest absolute Gasteiger partial charge is 0.359 e. The molecule has 1 aromatic carbocycles. The molecule has 1 unspecified atom stereocenters. The van der Waals surface area contributed by atoms with Crippen molar-refractivity contribution in [2.24, 2.45) is 11.3 Å². The van der Waals surface area contributed by atoms with Crippen LogP contribution in [0.3, 0.4) is 0 Å². The van der Waals surface area contributed by atoms with Crippen LogP contribution in [-0.2, 0) is 11.3 Å². The molecule has 1 spiro atoms. The highest BCUT2D eigenvalue weighted by Gasteiger charge is 2.52. The van der Waals surface area contributed by atoms with Crippen LogP contribution in [0, 0.1) is 17.2 Å². The zero-order valence-electron chi connectivity index (χ0n) is 14.0. The summed E-state index contributed by atoms with van der Waals surface area (Å²) in [7, 11) is 1.65.